The fourth-order valence-corrected chi connectivity index (χ4v) is 4.51. The maximum atomic E-state index is 12.6. The Morgan fingerprint density at radius 2 is 1.58 bits per heavy atom. The number of hydrogen-bond acceptors (Lipinski definition) is 5. The van der Waals surface area contributed by atoms with Crippen molar-refractivity contribution in [2.24, 2.45) is 0 Å². The van der Waals surface area contributed by atoms with Gasteiger partial charge in [0.05, 0.1) is 4.90 Å². The van der Waals surface area contributed by atoms with Crippen LogP contribution in [0.15, 0.2) is 47.4 Å². The van der Waals surface area contributed by atoms with Gasteiger partial charge in [-0.1, -0.05) is 17.7 Å². The second-order valence-corrected chi connectivity index (χ2v) is 10.6. The largest absolute Gasteiger partial charge is 0.444 e. The summed E-state index contributed by atoms with van der Waals surface area (Å²) in [6, 6.07) is 12.3. The molecule has 1 amide bonds. The SMILES string of the molecule is Cc1ccc(S(=O)(=O)Nc2ccc(N3CCN(C(=O)OC(C)(C)C)CC3)c(C)c2)cc1. The molecule has 0 unspecified atom stereocenters. The van der Waals surface area contributed by atoms with Gasteiger partial charge in [-0.2, -0.15) is 0 Å². The van der Waals surface area contributed by atoms with E-state index in [0.717, 1.165) is 16.8 Å². The van der Waals surface area contributed by atoms with Gasteiger partial charge in [0.25, 0.3) is 10.0 Å². The van der Waals surface area contributed by atoms with Crippen molar-refractivity contribution < 1.29 is 17.9 Å². The number of sulfonamides is 1. The summed E-state index contributed by atoms with van der Waals surface area (Å²) in [5, 5.41) is 0. The molecule has 1 fully saturated rings. The highest BCUT2D eigenvalue weighted by Gasteiger charge is 2.26. The third kappa shape index (κ3) is 5.91. The van der Waals surface area contributed by atoms with E-state index in [0.29, 0.717) is 31.9 Å². The van der Waals surface area contributed by atoms with E-state index in [1.165, 1.54) is 0 Å². The molecule has 0 radical (unpaired) electrons. The lowest BCUT2D eigenvalue weighted by Gasteiger charge is -2.37. The molecule has 3 rings (SSSR count). The summed E-state index contributed by atoms with van der Waals surface area (Å²) < 4.78 is 33.4. The Morgan fingerprint density at radius 1 is 0.968 bits per heavy atom. The average molecular weight is 446 g/mol. The molecule has 31 heavy (non-hydrogen) atoms. The molecule has 0 saturated carbocycles. The zero-order chi connectivity index (χ0) is 22.8. The molecule has 0 atom stereocenters. The Bertz CT molecular complexity index is 1040. The molecule has 2 aromatic carbocycles. The average Bonchev–Trinajstić information content (AvgIpc) is 2.67. The number of hydrogen-bond donors (Lipinski definition) is 1. The zero-order valence-electron chi connectivity index (χ0n) is 18.8. The van der Waals surface area contributed by atoms with Gasteiger partial charge >= 0.3 is 6.09 Å². The zero-order valence-corrected chi connectivity index (χ0v) is 19.6. The van der Waals surface area contributed by atoms with E-state index in [2.05, 4.69) is 9.62 Å². The highest BCUT2D eigenvalue weighted by molar-refractivity contribution is 7.92. The number of benzene rings is 2. The van der Waals surface area contributed by atoms with E-state index in [1.54, 1.807) is 35.2 Å². The molecule has 168 valence electrons. The van der Waals surface area contributed by atoms with E-state index >= 15 is 0 Å². The van der Waals surface area contributed by atoms with Crippen LogP contribution in [-0.4, -0.2) is 51.2 Å². The number of nitrogens with one attached hydrogen (secondary N) is 1. The lowest BCUT2D eigenvalue weighted by Crippen LogP contribution is -2.50. The van der Waals surface area contributed by atoms with E-state index < -0.39 is 15.6 Å². The predicted octanol–water partition coefficient (Wildman–Crippen LogP) is 4.16. The number of carbonyl (C=O) groups is 1. The molecule has 0 aliphatic carbocycles. The van der Waals surface area contributed by atoms with Crippen molar-refractivity contribution in [1.82, 2.24) is 4.90 Å². The third-order valence-corrected chi connectivity index (χ3v) is 6.45. The van der Waals surface area contributed by atoms with Crippen LogP contribution in [0.5, 0.6) is 0 Å². The topological polar surface area (TPSA) is 79.0 Å². The van der Waals surface area contributed by atoms with Gasteiger partial charge in [-0.15, -0.1) is 0 Å². The second-order valence-electron chi connectivity index (χ2n) is 8.87. The first-order valence-corrected chi connectivity index (χ1v) is 11.9. The van der Waals surface area contributed by atoms with Crippen LogP contribution in [0.3, 0.4) is 0 Å². The molecule has 1 aliphatic heterocycles. The van der Waals surface area contributed by atoms with Gasteiger partial charge in [-0.3, -0.25) is 4.72 Å². The smallest absolute Gasteiger partial charge is 0.410 e. The minimum absolute atomic E-state index is 0.234. The van der Waals surface area contributed by atoms with Crippen molar-refractivity contribution in [3.05, 3.63) is 53.6 Å². The van der Waals surface area contributed by atoms with Gasteiger partial charge in [0.15, 0.2) is 0 Å². The maximum absolute atomic E-state index is 12.6. The number of anilines is 2. The fraction of sp³-hybridized carbons (Fsp3) is 0.435. The van der Waals surface area contributed by atoms with Crippen LogP contribution < -0.4 is 9.62 Å². The number of piperazine rings is 1. The van der Waals surface area contributed by atoms with Crippen LogP contribution in [0.2, 0.25) is 0 Å². The van der Waals surface area contributed by atoms with Crippen molar-refractivity contribution in [1.29, 1.82) is 0 Å². The van der Waals surface area contributed by atoms with E-state index in [4.69, 9.17) is 4.74 Å². The first-order chi connectivity index (χ1) is 14.4. The van der Waals surface area contributed by atoms with Crippen LogP contribution in [0.4, 0.5) is 16.2 Å². The maximum Gasteiger partial charge on any atom is 0.410 e. The Labute approximate surface area is 185 Å². The highest BCUT2D eigenvalue weighted by atomic mass is 32.2. The predicted molar refractivity (Wildman–Crippen MR) is 123 cm³/mol. The van der Waals surface area contributed by atoms with Gasteiger partial charge in [-0.25, -0.2) is 13.2 Å². The second kappa shape index (κ2) is 8.78. The van der Waals surface area contributed by atoms with Gasteiger partial charge in [0.2, 0.25) is 0 Å². The van der Waals surface area contributed by atoms with Gasteiger partial charge in [0, 0.05) is 37.6 Å². The lowest BCUT2D eigenvalue weighted by atomic mass is 10.1. The summed E-state index contributed by atoms with van der Waals surface area (Å²) >= 11 is 0. The first-order valence-electron chi connectivity index (χ1n) is 10.4. The molecule has 7 nitrogen and oxygen atoms in total. The number of carbonyl (C=O) groups excluding carboxylic acids is 1. The number of amides is 1. The summed E-state index contributed by atoms with van der Waals surface area (Å²) in [6.07, 6.45) is -0.287. The molecule has 0 aromatic heterocycles. The van der Waals surface area contributed by atoms with Crippen LogP contribution in [0.1, 0.15) is 31.9 Å². The Morgan fingerprint density at radius 3 is 2.13 bits per heavy atom. The summed E-state index contributed by atoms with van der Waals surface area (Å²) in [5.74, 6) is 0. The van der Waals surface area contributed by atoms with Crippen LogP contribution in [0, 0.1) is 13.8 Å². The first kappa shape index (κ1) is 22.9. The molecule has 1 aliphatic rings. The normalized spacial score (nSPS) is 15.0. The van der Waals surface area contributed by atoms with Gasteiger partial charge < -0.3 is 14.5 Å². The number of rotatable bonds is 4. The molecule has 0 spiro atoms. The fourth-order valence-electron chi connectivity index (χ4n) is 3.46. The lowest BCUT2D eigenvalue weighted by molar-refractivity contribution is 0.0240. The minimum atomic E-state index is -3.64. The quantitative estimate of drug-likeness (QED) is 0.764. The number of aryl methyl sites for hydroxylation is 2. The third-order valence-electron chi connectivity index (χ3n) is 5.05. The van der Waals surface area contributed by atoms with Crippen molar-refractivity contribution in [2.45, 2.75) is 45.1 Å². The monoisotopic (exact) mass is 445 g/mol. The van der Waals surface area contributed by atoms with Crippen molar-refractivity contribution in [3.8, 4) is 0 Å². The van der Waals surface area contributed by atoms with E-state index in [9.17, 15) is 13.2 Å². The van der Waals surface area contributed by atoms with Crippen LogP contribution in [0.25, 0.3) is 0 Å². The van der Waals surface area contributed by atoms with Crippen molar-refractivity contribution in [2.75, 3.05) is 35.8 Å². The molecular weight excluding hydrogens is 414 g/mol. The molecule has 8 heteroatoms. The molecule has 2 aromatic rings. The summed E-state index contributed by atoms with van der Waals surface area (Å²) in [6.45, 7) is 12.0. The number of nitrogens with zero attached hydrogens (tertiary/aromatic N) is 2. The van der Waals surface area contributed by atoms with Crippen molar-refractivity contribution in [3.63, 3.8) is 0 Å². The molecule has 1 heterocycles. The molecular formula is C23H31N3O4S. The summed E-state index contributed by atoms with van der Waals surface area (Å²) in [4.78, 5) is 16.4. The molecule has 1 N–H and O–H groups in total. The van der Waals surface area contributed by atoms with E-state index in [-0.39, 0.29) is 11.0 Å². The summed E-state index contributed by atoms with van der Waals surface area (Å²) in [5.41, 5.74) is 3.02. The Hall–Kier alpha value is -2.74. The Balaban J connectivity index is 1.65. The Kier molecular flexibility index (Phi) is 6.50. The highest BCUT2D eigenvalue weighted by Crippen LogP contribution is 2.26. The standard InChI is InChI=1S/C23H31N3O4S/c1-17-6-9-20(10-7-17)31(28,29)24-19-8-11-21(18(2)16-19)25-12-14-26(15-13-25)22(27)30-23(3,4)5/h6-11,16,24H,12-15H2,1-5H3. The van der Waals surface area contributed by atoms with Crippen molar-refractivity contribution >= 4 is 27.5 Å². The molecule has 1 saturated heterocycles. The summed E-state index contributed by atoms with van der Waals surface area (Å²) in [7, 11) is -3.64. The van der Waals surface area contributed by atoms with Gasteiger partial charge in [0.1, 0.15) is 5.60 Å². The number of ether oxygens (including phenoxy) is 1. The van der Waals surface area contributed by atoms with Crippen LogP contribution >= 0.6 is 0 Å². The van der Waals surface area contributed by atoms with Gasteiger partial charge in [-0.05, 0) is 70.5 Å². The van der Waals surface area contributed by atoms with E-state index in [1.807, 2.05) is 46.8 Å². The minimum Gasteiger partial charge on any atom is -0.444 e. The molecule has 0 bridgehead atoms. The van der Waals surface area contributed by atoms with Crippen LogP contribution in [-0.2, 0) is 14.8 Å².